The summed E-state index contributed by atoms with van der Waals surface area (Å²) in [6.45, 7) is 0. The lowest BCUT2D eigenvalue weighted by molar-refractivity contribution is 0.786. The maximum Gasteiger partial charge on any atom is 0.0715 e. The number of rotatable bonds is 4. The highest BCUT2D eigenvalue weighted by Gasteiger charge is 2.27. The molecule has 0 saturated heterocycles. The first-order valence-corrected chi connectivity index (χ1v) is 17.3. The van der Waals surface area contributed by atoms with Crippen LogP contribution in [0.4, 0.5) is 17.1 Å². The molecule has 3 N–H and O–H groups in total. The van der Waals surface area contributed by atoms with E-state index >= 15 is 0 Å². The van der Waals surface area contributed by atoms with Gasteiger partial charge in [-0.05, 0) is 68.4 Å². The summed E-state index contributed by atoms with van der Waals surface area (Å²) in [7, 11) is 0. The third-order valence-corrected chi connectivity index (χ3v) is 10.3. The number of fused-ring (bicyclic) bond motifs is 6. The van der Waals surface area contributed by atoms with E-state index in [1.54, 1.807) is 0 Å². The highest BCUT2D eigenvalue weighted by molar-refractivity contribution is 5.92. The topological polar surface area (TPSA) is 49.0 Å². The summed E-state index contributed by atoms with van der Waals surface area (Å²) in [6, 6.07) is 48.0. The molecule has 1 aromatic heterocycles. The minimum absolute atomic E-state index is 0.0798. The monoisotopic (exact) mass is 642 g/mol. The second-order valence-electron chi connectivity index (χ2n) is 13.4. The number of nitrogens with zero attached hydrogens (tertiary/aromatic N) is 1. The van der Waals surface area contributed by atoms with Crippen LogP contribution < -0.4 is 16.0 Å². The molecular weight excluding hydrogens is 609 g/mol. The van der Waals surface area contributed by atoms with Gasteiger partial charge >= 0.3 is 0 Å². The number of anilines is 3. The van der Waals surface area contributed by atoms with Gasteiger partial charge in [-0.25, -0.2) is 4.98 Å². The molecule has 4 heteroatoms. The van der Waals surface area contributed by atoms with E-state index in [1.807, 2.05) is 0 Å². The maximum atomic E-state index is 5.16. The Labute approximate surface area is 291 Å². The lowest BCUT2D eigenvalue weighted by Crippen LogP contribution is -2.39. The fraction of sp³-hybridized carbons (Fsp3) is 0.0652. The van der Waals surface area contributed by atoms with Crippen molar-refractivity contribution in [2.45, 2.75) is 18.1 Å². The summed E-state index contributed by atoms with van der Waals surface area (Å²) < 4.78 is 0. The molecular formula is C46H34N4. The van der Waals surface area contributed by atoms with E-state index in [0.717, 1.165) is 39.2 Å². The fourth-order valence-electron chi connectivity index (χ4n) is 7.57. The normalized spacial score (nSPS) is 18.4. The van der Waals surface area contributed by atoms with E-state index in [4.69, 9.17) is 4.98 Å². The van der Waals surface area contributed by atoms with Gasteiger partial charge in [0.25, 0.3) is 0 Å². The van der Waals surface area contributed by atoms with Gasteiger partial charge in [-0.1, -0.05) is 146 Å². The van der Waals surface area contributed by atoms with Crippen LogP contribution in [0.5, 0.6) is 0 Å². The van der Waals surface area contributed by atoms with Gasteiger partial charge in [0.15, 0.2) is 0 Å². The first kappa shape index (κ1) is 28.6. The highest BCUT2D eigenvalue weighted by atomic mass is 15.1. The molecule has 238 valence electrons. The van der Waals surface area contributed by atoms with Crippen LogP contribution in [0.25, 0.3) is 62.3 Å². The second-order valence-corrected chi connectivity index (χ2v) is 13.4. The minimum atomic E-state index is 0.0798. The first-order chi connectivity index (χ1) is 24.7. The van der Waals surface area contributed by atoms with Crippen molar-refractivity contribution in [2.24, 2.45) is 0 Å². The maximum absolute atomic E-state index is 5.16. The zero-order chi connectivity index (χ0) is 33.0. The summed E-state index contributed by atoms with van der Waals surface area (Å²) >= 11 is 0. The predicted octanol–water partition coefficient (Wildman–Crippen LogP) is 11.2. The molecule has 4 nitrogen and oxygen atoms in total. The Morgan fingerprint density at radius 1 is 0.440 bits per heavy atom. The molecule has 7 aromatic rings. The van der Waals surface area contributed by atoms with Gasteiger partial charge in [-0.3, -0.25) is 0 Å². The lowest BCUT2D eigenvalue weighted by atomic mass is 9.92. The Balaban J connectivity index is 0.914. The molecule has 0 radical (unpaired) electrons. The second kappa shape index (κ2) is 11.6. The zero-order valence-electron chi connectivity index (χ0n) is 27.3. The van der Waals surface area contributed by atoms with E-state index in [0.29, 0.717) is 0 Å². The van der Waals surface area contributed by atoms with Crippen LogP contribution in [-0.4, -0.2) is 17.1 Å². The Kier molecular flexibility index (Phi) is 6.66. The van der Waals surface area contributed by atoms with Crippen LogP contribution in [-0.2, 0) is 0 Å². The van der Waals surface area contributed by atoms with Crippen LogP contribution in [0.3, 0.4) is 0 Å². The van der Waals surface area contributed by atoms with Crippen LogP contribution in [0.1, 0.15) is 28.3 Å². The summed E-state index contributed by atoms with van der Waals surface area (Å²) in [6.07, 6.45) is 13.5. The molecule has 0 bridgehead atoms. The molecule has 50 heavy (non-hydrogen) atoms. The molecule has 4 heterocycles. The van der Waals surface area contributed by atoms with Crippen LogP contribution in [0.15, 0.2) is 152 Å². The molecule has 0 fully saturated rings. The predicted molar refractivity (Wildman–Crippen MR) is 211 cm³/mol. The van der Waals surface area contributed by atoms with Crippen molar-refractivity contribution >= 4 is 57.0 Å². The zero-order valence-corrected chi connectivity index (χ0v) is 27.3. The molecule has 3 atom stereocenters. The van der Waals surface area contributed by atoms with Crippen molar-refractivity contribution in [3.8, 4) is 22.4 Å². The van der Waals surface area contributed by atoms with Gasteiger partial charge in [-0.15, -0.1) is 0 Å². The average Bonchev–Trinajstić information content (AvgIpc) is 3.19. The summed E-state index contributed by atoms with van der Waals surface area (Å²) in [4.78, 5) is 5.16. The van der Waals surface area contributed by atoms with Crippen molar-refractivity contribution in [1.29, 1.82) is 0 Å². The molecule has 10 rings (SSSR count). The van der Waals surface area contributed by atoms with E-state index in [1.165, 1.54) is 44.2 Å². The summed E-state index contributed by atoms with van der Waals surface area (Å²) in [5, 5.41) is 15.2. The average molecular weight is 643 g/mol. The Bertz CT molecular complexity index is 2540. The smallest absolute Gasteiger partial charge is 0.0715 e. The number of pyridine rings is 1. The van der Waals surface area contributed by atoms with Crippen LogP contribution in [0.2, 0.25) is 0 Å². The summed E-state index contributed by atoms with van der Waals surface area (Å²) in [5.74, 6) is 0. The number of hydrogen-bond acceptors (Lipinski definition) is 4. The highest BCUT2D eigenvalue weighted by Crippen LogP contribution is 2.41. The standard InChI is InChI=1S/C46H34N4/c1-2-7-30(8-3-1)39-23-20-33-13-14-34-21-25-42(50-46(34)45(33)49-39)41-24-19-32-12-17-38(28-44(32)48-41)40-22-18-31-11-16-37(27-43(31)47-40)36-15-10-29-6-4-5-9-35(29)26-36/h1-28,39,41-42,48-50H. The van der Waals surface area contributed by atoms with Crippen molar-refractivity contribution in [3.63, 3.8) is 0 Å². The Morgan fingerprint density at radius 3 is 1.94 bits per heavy atom. The lowest BCUT2D eigenvalue weighted by Gasteiger charge is -2.34. The Hall–Kier alpha value is -6.39. The van der Waals surface area contributed by atoms with Crippen LogP contribution >= 0.6 is 0 Å². The quantitative estimate of drug-likeness (QED) is 0.179. The van der Waals surface area contributed by atoms with Crippen molar-refractivity contribution in [1.82, 2.24) is 4.98 Å². The van der Waals surface area contributed by atoms with Crippen molar-refractivity contribution in [2.75, 3.05) is 16.0 Å². The molecule has 3 unspecified atom stereocenters. The number of hydrogen-bond donors (Lipinski definition) is 3. The molecule has 0 saturated carbocycles. The molecule has 0 spiro atoms. The third-order valence-electron chi connectivity index (χ3n) is 10.3. The van der Waals surface area contributed by atoms with Crippen molar-refractivity contribution < 1.29 is 0 Å². The molecule has 0 aliphatic carbocycles. The fourth-order valence-corrected chi connectivity index (χ4v) is 7.57. The van der Waals surface area contributed by atoms with Crippen molar-refractivity contribution in [3.05, 3.63) is 174 Å². The first-order valence-electron chi connectivity index (χ1n) is 17.3. The van der Waals surface area contributed by atoms with E-state index in [2.05, 4.69) is 186 Å². The number of aromatic nitrogens is 1. The number of nitrogens with one attached hydrogen (secondary N) is 3. The third kappa shape index (κ3) is 5.05. The van der Waals surface area contributed by atoms with Gasteiger partial charge < -0.3 is 16.0 Å². The SMILES string of the molecule is C1=CC(C2C=Cc3ccc4c(c3N2)NC(c2ccccc2)C=C4)Nc2cc(-c3ccc4ccc(-c5ccc6ccccc6c5)cc4n3)ccc21. The Morgan fingerprint density at radius 2 is 1.08 bits per heavy atom. The minimum Gasteiger partial charge on any atom is -0.376 e. The van der Waals surface area contributed by atoms with E-state index < -0.39 is 0 Å². The summed E-state index contributed by atoms with van der Waals surface area (Å²) in [5.41, 5.74) is 13.7. The molecule has 3 aliphatic heterocycles. The van der Waals surface area contributed by atoms with Gasteiger partial charge in [0.1, 0.15) is 0 Å². The largest absolute Gasteiger partial charge is 0.376 e. The molecule has 0 amide bonds. The van der Waals surface area contributed by atoms with Gasteiger partial charge in [0, 0.05) is 16.6 Å². The molecule has 6 aromatic carbocycles. The van der Waals surface area contributed by atoms with E-state index in [-0.39, 0.29) is 18.1 Å². The van der Waals surface area contributed by atoms with E-state index in [9.17, 15) is 0 Å². The number of benzene rings is 6. The van der Waals surface area contributed by atoms with Gasteiger partial charge in [0.05, 0.1) is 40.7 Å². The molecule has 3 aliphatic rings. The van der Waals surface area contributed by atoms with Crippen LogP contribution in [0, 0.1) is 0 Å². The van der Waals surface area contributed by atoms with Gasteiger partial charge in [-0.2, -0.15) is 0 Å². The van der Waals surface area contributed by atoms with Gasteiger partial charge in [0.2, 0.25) is 0 Å².